The van der Waals surface area contributed by atoms with Gasteiger partial charge in [0.25, 0.3) is 0 Å². The van der Waals surface area contributed by atoms with Crippen molar-refractivity contribution in [1.82, 2.24) is 0 Å². The first-order valence-electron chi connectivity index (χ1n) is 8.98. The molecule has 0 saturated heterocycles. The van der Waals surface area contributed by atoms with E-state index < -0.39 is 79.1 Å². The molecule has 0 spiro atoms. The van der Waals surface area contributed by atoms with E-state index in [1.54, 1.807) is 4.74 Å². The molecule has 0 aliphatic heterocycles. The highest BCUT2D eigenvalue weighted by Gasteiger charge is 2.89. The standard InChI is InChI=1S/C14H5F23O5/c1-2-39-3(38)4(15,8(19,20)21)40-13(34,35)7(18,12(31,32)33)42-14(36,37)6(17,11(28,29)30)41-5(16,9(22,23)24)10(25,26)27/h2H2,1H3/t4-,6-,7+/m0/s1. The molecule has 252 valence electrons. The van der Waals surface area contributed by atoms with Crippen LogP contribution in [0.15, 0.2) is 0 Å². The van der Waals surface area contributed by atoms with E-state index in [2.05, 4.69) is 4.74 Å². The Kier molecular flexibility index (Phi) is 10.1. The van der Waals surface area contributed by atoms with Gasteiger partial charge >= 0.3 is 72.5 Å². The van der Waals surface area contributed by atoms with E-state index >= 15 is 0 Å². The lowest BCUT2D eigenvalue weighted by molar-refractivity contribution is -0.579. The first kappa shape index (κ1) is 39.7. The van der Waals surface area contributed by atoms with E-state index in [-0.39, 0.29) is 0 Å². The SMILES string of the molecule is CCOC(=O)[C@](F)(OC(F)(F)[C@](F)(OC(F)(F)[C@@](F)(OC(F)(C(F)(F)F)C(F)(F)F)C(F)(F)F)C(F)(F)F)C(F)(F)F. The van der Waals surface area contributed by atoms with E-state index in [4.69, 9.17) is 0 Å². The molecule has 5 nitrogen and oxygen atoms in total. The first-order chi connectivity index (χ1) is 17.9. The van der Waals surface area contributed by atoms with Gasteiger partial charge in [-0.3, -0.25) is 14.2 Å². The van der Waals surface area contributed by atoms with Crippen LogP contribution >= 0.6 is 0 Å². The van der Waals surface area contributed by atoms with Crippen LogP contribution < -0.4 is 0 Å². The predicted molar refractivity (Wildman–Crippen MR) is 75.4 cm³/mol. The third-order valence-corrected chi connectivity index (χ3v) is 3.93. The summed E-state index contributed by atoms with van der Waals surface area (Å²) < 4.78 is 309. The molecular formula is C14H5F23O5. The van der Waals surface area contributed by atoms with Gasteiger partial charge in [0.2, 0.25) is 0 Å². The molecule has 3 atom stereocenters. The zero-order chi connectivity index (χ0) is 34.6. The highest BCUT2D eigenvalue weighted by molar-refractivity contribution is 5.78. The number of alkyl halides is 23. The van der Waals surface area contributed by atoms with Gasteiger partial charge in [0.1, 0.15) is 0 Å². The van der Waals surface area contributed by atoms with Crippen LogP contribution in [0.4, 0.5) is 101 Å². The summed E-state index contributed by atoms with van der Waals surface area (Å²) in [7, 11) is 0. The normalized spacial score (nSPS) is 19.5. The lowest BCUT2D eigenvalue weighted by atomic mass is 10.2. The fourth-order valence-electron chi connectivity index (χ4n) is 1.96. The maximum Gasteiger partial charge on any atom is 0.460 e. The maximum absolute atomic E-state index is 14.2. The quantitative estimate of drug-likeness (QED) is 0.179. The molecule has 0 bridgehead atoms. The van der Waals surface area contributed by atoms with E-state index in [1.165, 1.54) is 0 Å². The first-order valence-corrected chi connectivity index (χ1v) is 8.98. The Morgan fingerprint density at radius 3 is 0.976 bits per heavy atom. The Morgan fingerprint density at radius 1 is 0.429 bits per heavy atom. The van der Waals surface area contributed by atoms with Crippen LogP contribution in [0.5, 0.6) is 0 Å². The van der Waals surface area contributed by atoms with Crippen molar-refractivity contribution >= 4 is 5.97 Å². The summed E-state index contributed by atoms with van der Waals surface area (Å²) in [5, 5.41) is 0. The van der Waals surface area contributed by atoms with Crippen LogP contribution in [-0.4, -0.2) is 79.1 Å². The summed E-state index contributed by atoms with van der Waals surface area (Å²) in [6.45, 7) is -1.11. The lowest BCUT2D eigenvalue weighted by Crippen LogP contribution is -2.71. The van der Waals surface area contributed by atoms with Crippen molar-refractivity contribution in [2.24, 2.45) is 0 Å². The summed E-state index contributed by atoms with van der Waals surface area (Å²) in [4.78, 5) is 11.0. The Balaban J connectivity index is 7.42. The Morgan fingerprint density at radius 2 is 0.714 bits per heavy atom. The molecular weight excluding hydrogens is 685 g/mol. The average molecular weight is 690 g/mol. The third-order valence-electron chi connectivity index (χ3n) is 3.93. The number of rotatable bonds is 10. The minimum atomic E-state index is -8.81. The van der Waals surface area contributed by atoms with Gasteiger partial charge in [-0.15, -0.1) is 0 Å². The Bertz CT molecular complexity index is 947. The number of carbonyl (C=O) groups excluding carboxylic acids is 1. The molecule has 0 aromatic heterocycles. The van der Waals surface area contributed by atoms with Crippen LogP contribution in [0.1, 0.15) is 6.92 Å². The zero-order valence-corrected chi connectivity index (χ0v) is 18.4. The molecule has 0 fully saturated rings. The van der Waals surface area contributed by atoms with Crippen molar-refractivity contribution in [2.75, 3.05) is 6.61 Å². The van der Waals surface area contributed by atoms with Gasteiger partial charge < -0.3 is 4.74 Å². The number of carbonyl (C=O) groups is 1. The van der Waals surface area contributed by atoms with Crippen LogP contribution in [0.3, 0.4) is 0 Å². The van der Waals surface area contributed by atoms with Gasteiger partial charge in [-0.2, -0.15) is 101 Å². The maximum atomic E-state index is 14.2. The molecule has 0 rings (SSSR count). The smallest absolute Gasteiger partial charge is 0.460 e. The summed E-state index contributed by atoms with van der Waals surface area (Å²) in [5.41, 5.74) is 0. The lowest BCUT2D eigenvalue weighted by Gasteiger charge is -2.43. The van der Waals surface area contributed by atoms with Gasteiger partial charge in [-0.25, -0.2) is 4.79 Å². The van der Waals surface area contributed by atoms with Crippen LogP contribution in [0, 0.1) is 0 Å². The minimum absolute atomic E-state index is 0.413. The fraction of sp³-hybridized carbons (Fsp3) is 0.929. The molecule has 0 aromatic rings. The molecule has 0 radical (unpaired) electrons. The summed E-state index contributed by atoms with van der Waals surface area (Å²) in [6.07, 6.45) is -57.8. The monoisotopic (exact) mass is 690 g/mol. The number of halogens is 23. The molecule has 28 heteroatoms. The van der Waals surface area contributed by atoms with Crippen molar-refractivity contribution in [2.45, 2.75) is 73.4 Å². The second-order valence-corrected chi connectivity index (χ2v) is 6.93. The minimum Gasteiger partial charge on any atom is -0.462 e. The van der Waals surface area contributed by atoms with Crippen molar-refractivity contribution in [3.05, 3.63) is 0 Å². The second-order valence-electron chi connectivity index (χ2n) is 6.93. The van der Waals surface area contributed by atoms with Gasteiger partial charge in [0.15, 0.2) is 0 Å². The molecule has 0 unspecified atom stereocenters. The molecule has 0 amide bonds. The fourth-order valence-corrected chi connectivity index (χ4v) is 1.96. The van der Waals surface area contributed by atoms with E-state index in [1.807, 2.05) is 0 Å². The summed E-state index contributed by atoms with van der Waals surface area (Å²) in [6, 6.07) is 0. The molecule has 0 aromatic carbocycles. The van der Waals surface area contributed by atoms with Crippen LogP contribution in [-0.2, 0) is 23.7 Å². The number of hydrogen-bond acceptors (Lipinski definition) is 5. The van der Waals surface area contributed by atoms with Gasteiger partial charge in [-0.1, -0.05) is 0 Å². The number of esters is 1. The topological polar surface area (TPSA) is 54.0 Å². The summed E-state index contributed by atoms with van der Waals surface area (Å²) in [5.74, 6) is -36.8. The van der Waals surface area contributed by atoms with E-state index in [0.29, 0.717) is 6.92 Å². The van der Waals surface area contributed by atoms with E-state index in [9.17, 15) is 106 Å². The summed E-state index contributed by atoms with van der Waals surface area (Å²) >= 11 is 0. The Hall–Kier alpha value is -2.26. The number of hydrogen-bond donors (Lipinski definition) is 0. The molecule has 42 heavy (non-hydrogen) atoms. The van der Waals surface area contributed by atoms with Gasteiger partial charge in [-0.05, 0) is 6.92 Å². The number of ether oxygens (including phenoxy) is 4. The average Bonchev–Trinajstić information content (AvgIpc) is 2.68. The second kappa shape index (κ2) is 10.7. The predicted octanol–water partition coefficient (Wildman–Crippen LogP) is 7.26. The molecule has 0 heterocycles. The molecule has 0 N–H and O–H groups in total. The zero-order valence-electron chi connectivity index (χ0n) is 18.4. The largest absolute Gasteiger partial charge is 0.462 e. The molecule has 0 aliphatic carbocycles. The van der Waals surface area contributed by atoms with E-state index in [0.717, 1.165) is 9.47 Å². The highest BCUT2D eigenvalue weighted by Crippen LogP contribution is 2.59. The molecule has 0 saturated carbocycles. The Labute approximate surface area is 212 Å². The van der Waals surface area contributed by atoms with Gasteiger partial charge in [0, 0.05) is 0 Å². The van der Waals surface area contributed by atoms with Crippen LogP contribution in [0.25, 0.3) is 0 Å². The van der Waals surface area contributed by atoms with Crippen molar-refractivity contribution in [3.8, 4) is 0 Å². The van der Waals surface area contributed by atoms with Crippen molar-refractivity contribution in [3.63, 3.8) is 0 Å². The third kappa shape index (κ3) is 6.62. The molecule has 0 aliphatic rings. The van der Waals surface area contributed by atoms with Crippen molar-refractivity contribution in [1.29, 1.82) is 0 Å². The highest BCUT2D eigenvalue weighted by atomic mass is 19.4. The van der Waals surface area contributed by atoms with Gasteiger partial charge in [0.05, 0.1) is 6.61 Å². The van der Waals surface area contributed by atoms with Crippen molar-refractivity contribution < 1.29 is 125 Å². The van der Waals surface area contributed by atoms with Crippen LogP contribution in [0.2, 0.25) is 0 Å².